The van der Waals surface area contributed by atoms with E-state index in [4.69, 9.17) is 11.6 Å². The minimum atomic E-state index is -0.379. The molecule has 0 aliphatic heterocycles. The Kier molecular flexibility index (Phi) is 4.33. The Hall–Kier alpha value is -1.39. The molecule has 18 heavy (non-hydrogen) atoms. The summed E-state index contributed by atoms with van der Waals surface area (Å²) in [6.45, 7) is 3.36. The number of nitrogens with one attached hydrogen (secondary N) is 1. The normalized spacial score (nSPS) is 12.6. The first-order valence-electron chi connectivity index (χ1n) is 5.80. The summed E-state index contributed by atoms with van der Waals surface area (Å²) in [6.07, 6.45) is 3.66. The van der Waals surface area contributed by atoms with E-state index in [-0.39, 0.29) is 16.9 Å². The van der Waals surface area contributed by atoms with Crippen molar-refractivity contribution in [2.24, 2.45) is 0 Å². The SMILES string of the molecule is CC(Cn1cccn1)NCc1cccc(F)c1Cl. The van der Waals surface area contributed by atoms with Crippen LogP contribution in [0.5, 0.6) is 0 Å². The second kappa shape index (κ2) is 5.98. The van der Waals surface area contributed by atoms with Gasteiger partial charge in [-0.1, -0.05) is 23.7 Å². The highest BCUT2D eigenvalue weighted by Gasteiger charge is 2.07. The van der Waals surface area contributed by atoms with E-state index in [9.17, 15) is 4.39 Å². The van der Waals surface area contributed by atoms with Crippen LogP contribution in [0.2, 0.25) is 5.02 Å². The topological polar surface area (TPSA) is 29.9 Å². The lowest BCUT2D eigenvalue weighted by Gasteiger charge is -2.14. The fourth-order valence-corrected chi connectivity index (χ4v) is 1.92. The maximum absolute atomic E-state index is 13.2. The van der Waals surface area contributed by atoms with Crippen molar-refractivity contribution in [1.29, 1.82) is 0 Å². The molecule has 1 unspecified atom stereocenters. The van der Waals surface area contributed by atoms with Crippen LogP contribution < -0.4 is 5.32 Å². The Morgan fingerprint density at radius 2 is 2.28 bits per heavy atom. The lowest BCUT2D eigenvalue weighted by molar-refractivity contribution is 0.450. The Labute approximate surface area is 111 Å². The van der Waals surface area contributed by atoms with Gasteiger partial charge in [0.25, 0.3) is 0 Å². The van der Waals surface area contributed by atoms with Crippen LogP contribution in [-0.2, 0) is 13.1 Å². The van der Waals surface area contributed by atoms with E-state index >= 15 is 0 Å². The van der Waals surface area contributed by atoms with Crippen molar-refractivity contribution in [3.05, 3.63) is 53.1 Å². The van der Waals surface area contributed by atoms with Gasteiger partial charge in [0.2, 0.25) is 0 Å². The van der Waals surface area contributed by atoms with E-state index < -0.39 is 0 Å². The fourth-order valence-electron chi connectivity index (χ4n) is 1.72. The minimum Gasteiger partial charge on any atom is -0.308 e. The molecule has 0 radical (unpaired) electrons. The van der Waals surface area contributed by atoms with Crippen molar-refractivity contribution in [2.45, 2.75) is 26.1 Å². The van der Waals surface area contributed by atoms with Gasteiger partial charge in [0, 0.05) is 25.0 Å². The van der Waals surface area contributed by atoms with Gasteiger partial charge >= 0.3 is 0 Å². The number of benzene rings is 1. The van der Waals surface area contributed by atoms with Crippen LogP contribution in [0.3, 0.4) is 0 Å². The van der Waals surface area contributed by atoms with E-state index in [0.29, 0.717) is 6.54 Å². The second-order valence-corrected chi connectivity index (χ2v) is 4.60. The molecule has 0 fully saturated rings. The van der Waals surface area contributed by atoms with Gasteiger partial charge in [-0.15, -0.1) is 0 Å². The van der Waals surface area contributed by atoms with Gasteiger partial charge < -0.3 is 5.32 Å². The summed E-state index contributed by atoms with van der Waals surface area (Å²) in [5.74, 6) is -0.379. The number of rotatable bonds is 5. The van der Waals surface area contributed by atoms with Gasteiger partial charge in [0.1, 0.15) is 5.82 Å². The van der Waals surface area contributed by atoms with Gasteiger partial charge in [-0.25, -0.2) is 4.39 Å². The van der Waals surface area contributed by atoms with Crippen molar-refractivity contribution >= 4 is 11.6 Å². The predicted octanol–water partition coefficient (Wildman–Crippen LogP) is 2.85. The molecule has 3 nitrogen and oxygen atoms in total. The maximum atomic E-state index is 13.2. The van der Waals surface area contributed by atoms with Gasteiger partial charge in [-0.2, -0.15) is 5.10 Å². The molecule has 1 heterocycles. The van der Waals surface area contributed by atoms with E-state index in [1.807, 2.05) is 23.0 Å². The number of halogens is 2. The molecule has 2 rings (SSSR count). The van der Waals surface area contributed by atoms with Gasteiger partial charge in [-0.3, -0.25) is 4.68 Å². The van der Waals surface area contributed by atoms with E-state index in [1.54, 1.807) is 12.3 Å². The zero-order chi connectivity index (χ0) is 13.0. The third-order valence-corrected chi connectivity index (χ3v) is 3.12. The number of hydrogen-bond donors (Lipinski definition) is 1. The zero-order valence-corrected chi connectivity index (χ0v) is 10.9. The summed E-state index contributed by atoms with van der Waals surface area (Å²) in [4.78, 5) is 0. The predicted molar refractivity (Wildman–Crippen MR) is 69.9 cm³/mol. The van der Waals surface area contributed by atoms with Crippen molar-refractivity contribution in [3.63, 3.8) is 0 Å². The summed E-state index contributed by atoms with van der Waals surface area (Å²) < 4.78 is 15.1. The molecule has 0 aliphatic rings. The van der Waals surface area contributed by atoms with Gasteiger partial charge in [0.05, 0.1) is 11.6 Å². The maximum Gasteiger partial charge on any atom is 0.142 e. The Balaban J connectivity index is 1.89. The minimum absolute atomic E-state index is 0.191. The largest absolute Gasteiger partial charge is 0.308 e. The highest BCUT2D eigenvalue weighted by molar-refractivity contribution is 6.31. The third-order valence-electron chi connectivity index (χ3n) is 2.69. The lowest BCUT2D eigenvalue weighted by Crippen LogP contribution is -2.30. The average molecular weight is 268 g/mol. The monoisotopic (exact) mass is 267 g/mol. The van der Waals surface area contributed by atoms with Crippen molar-refractivity contribution in [3.8, 4) is 0 Å². The van der Waals surface area contributed by atoms with Crippen LogP contribution in [0.15, 0.2) is 36.7 Å². The first kappa shape index (κ1) is 13.1. The van der Waals surface area contributed by atoms with Crippen LogP contribution in [-0.4, -0.2) is 15.8 Å². The summed E-state index contributed by atoms with van der Waals surface area (Å²) in [6, 6.07) is 6.95. The zero-order valence-electron chi connectivity index (χ0n) is 10.1. The van der Waals surface area contributed by atoms with Gasteiger partial charge in [-0.05, 0) is 24.6 Å². The van der Waals surface area contributed by atoms with Crippen molar-refractivity contribution in [1.82, 2.24) is 15.1 Å². The summed E-state index contributed by atoms with van der Waals surface area (Å²) in [5.41, 5.74) is 0.768. The summed E-state index contributed by atoms with van der Waals surface area (Å²) in [5, 5.41) is 7.62. The molecular weight excluding hydrogens is 253 g/mol. The Morgan fingerprint density at radius 3 is 3.00 bits per heavy atom. The first-order chi connectivity index (χ1) is 8.66. The molecular formula is C13H15ClFN3. The molecule has 0 saturated carbocycles. The average Bonchev–Trinajstić information content (AvgIpc) is 2.84. The van der Waals surface area contributed by atoms with Crippen molar-refractivity contribution in [2.75, 3.05) is 0 Å². The first-order valence-corrected chi connectivity index (χ1v) is 6.18. The van der Waals surface area contributed by atoms with Crippen LogP contribution in [0.4, 0.5) is 4.39 Å². The van der Waals surface area contributed by atoms with Crippen LogP contribution in [0, 0.1) is 5.82 Å². The second-order valence-electron chi connectivity index (χ2n) is 4.22. The molecule has 96 valence electrons. The summed E-state index contributed by atoms with van der Waals surface area (Å²) >= 11 is 5.89. The van der Waals surface area contributed by atoms with Crippen LogP contribution in [0.1, 0.15) is 12.5 Å². The quantitative estimate of drug-likeness (QED) is 0.903. The Bertz CT molecular complexity index is 499. The highest BCUT2D eigenvalue weighted by Crippen LogP contribution is 2.19. The molecule has 1 N–H and O–H groups in total. The molecule has 0 aliphatic carbocycles. The smallest absolute Gasteiger partial charge is 0.142 e. The molecule has 0 bridgehead atoms. The standard InChI is InChI=1S/C13H15ClFN3/c1-10(9-18-7-3-6-17-18)16-8-11-4-2-5-12(15)13(11)14/h2-7,10,16H,8-9H2,1H3. The highest BCUT2D eigenvalue weighted by atomic mass is 35.5. The van der Waals surface area contributed by atoms with E-state index in [2.05, 4.69) is 17.3 Å². The fraction of sp³-hybridized carbons (Fsp3) is 0.308. The van der Waals surface area contributed by atoms with Gasteiger partial charge in [0.15, 0.2) is 0 Å². The number of nitrogens with zero attached hydrogens (tertiary/aromatic N) is 2. The summed E-state index contributed by atoms with van der Waals surface area (Å²) in [7, 11) is 0. The number of hydrogen-bond acceptors (Lipinski definition) is 2. The molecule has 0 amide bonds. The molecule has 2 aromatic rings. The number of aromatic nitrogens is 2. The van der Waals surface area contributed by atoms with Crippen molar-refractivity contribution < 1.29 is 4.39 Å². The molecule has 0 spiro atoms. The molecule has 1 aromatic carbocycles. The molecule has 1 atom stereocenters. The van der Waals surface area contributed by atoms with Crippen LogP contribution >= 0.6 is 11.6 Å². The third kappa shape index (κ3) is 3.31. The van der Waals surface area contributed by atoms with E-state index in [0.717, 1.165) is 12.1 Å². The molecule has 5 heteroatoms. The Morgan fingerprint density at radius 1 is 1.44 bits per heavy atom. The molecule has 1 aromatic heterocycles. The lowest BCUT2D eigenvalue weighted by atomic mass is 10.2. The van der Waals surface area contributed by atoms with Crippen LogP contribution in [0.25, 0.3) is 0 Å². The van der Waals surface area contributed by atoms with E-state index in [1.165, 1.54) is 6.07 Å². The molecule has 0 saturated heterocycles.